The van der Waals surface area contributed by atoms with Gasteiger partial charge in [0.1, 0.15) is 11.0 Å². The smallest absolute Gasteiger partial charge is 0.328 e. The van der Waals surface area contributed by atoms with Crippen LogP contribution in [0.4, 0.5) is 5.82 Å². The van der Waals surface area contributed by atoms with Crippen molar-refractivity contribution in [3.63, 3.8) is 0 Å². The number of fused-ring (bicyclic) bond motifs is 2. The van der Waals surface area contributed by atoms with Gasteiger partial charge < -0.3 is 20.8 Å². The van der Waals surface area contributed by atoms with Gasteiger partial charge in [0.05, 0.1) is 25.2 Å². The number of anilines is 1. The van der Waals surface area contributed by atoms with Crippen molar-refractivity contribution in [3.8, 4) is 6.01 Å². The number of nitrogens with two attached hydrogens (primary N) is 1. The molecule has 3 aromatic heterocycles. The Kier molecular flexibility index (Phi) is 6.89. The predicted octanol–water partition coefficient (Wildman–Crippen LogP) is 2.46. The molecule has 186 valence electrons. The van der Waals surface area contributed by atoms with Crippen molar-refractivity contribution in [1.29, 1.82) is 0 Å². The summed E-state index contributed by atoms with van der Waals surface area (Å²) in [6, 6.07) is 16.3. The second-order valence-corrected chi connectivity index (χ2v) is 8.61. The molecule has 0 radical (unpaired) electrons. The lowest BCUT2D eigenvalue weighted by atomic mass is 10.2. The zero-order valence-corrected chi connectivity index (χ0v) is 20.1. The molecule has 5 rings (SSSR count). The molecule has 0 saturated heterocycles. The third kappa shape index (κ3) is 5.05. The summed E-state index contributed by atoms with van der Waals surface area (Å²) in [4.78, 5) is 24.0. The summed E-state index contributed by atoms with van der Waals surface area (Å²) >= 11 is 0. The number of imidazole rings is 1. The van der Waals surface area contributed by atoms with E-state index in [-0.39, 0.29) is 17.5 Å². The number of aromatic amines is 1. The van der Waals surface area contributed by atoms with Crippen molar-refractivity contribution in [2.45, 2.75) is 39.4 Å². The minimum absolute atomic E-state index is 0.167. The molecule has 0 saturated carbocycles. The molecule has 4 N–H and O–H groups in total. The van der Waals surface area contributed by atoms with Crippen LogP contribution in [0.2, 0.25) is 0 Å². The molecule has 36 heavy (non-hydrogen) atoms. The highest BCUT2D eigenvalue weighted by molar-refractivity contribution is 5.82. The molecule has 0 unspecified atom stereocenters. The summed E-state index contributed by atoms with van der Waals surface area (Å²) in [7, 11) is 0. The maximum absolute atomic E-state index is 12.7. The first kappa shape index (κ1) is 23.5. The number of rotatable bonds is 11. The first-order valence-corrected chi connectivity index (χ1v) is 12.1. The van der Waals surface area contributed by atoms with Crippen molar-refractivity contribution in [3.05, 3.63) is 70.1 Å². The van der Waals surface area contributed by atoms with Gasteiger partial charge in [-0.1, -0.05) is 55.0 Å². The van der Waals surface area contributed by atoms with Gasteiger partial charge in [0.15, 0.2) is 11.5 Å². The Labute approximate surface area is 207 Å². The van der Waals surface area contributed by atoms with Crippen molar-refractivity contribution in [2.24, 2.45) is 0 Å². The minimum Gasteiger partial charge on any atom is -0.463 e. The standard InChI is InChI=1S/C25H29N9O2/c1-2-3-13-36-24-29-22(26)21-23(30-24)33(25(35)28-21)16-18-9-10-20-19(14-18)31-32-34(20)12-11-27-15-17-7-5-4-6-8-17/h4-10,14,27H,2-3,11-13,15-16H2,1H3,(H,28,35)(H2,26,29,30). The van der Waals surface area contributed by atoms with E-state index in [9.17, 15) is 4.79 Å². The average molecular weight is 488 g/mol. The van der Waals surface area contributed by atoms with Crippen molar-refractivity contribution >= 4 is 28.0 Å². The molecular weight excluding hydrogens is 458 g/mol. The molecule has 0 bridgehead atoms. The Bertz CT molecular complexity index is 1520. The Morgan fingerprint density at radius 1 is 1.11 bits per heavy atom. The van der Waals surface area contributed by atoms with Crippen LogP contribution in [0.1, 0.15) is 30.9 Å². The highest BCUT2D eigenvalue weighted by Crippen LogP contribution is 2.20. The molecule has 0 aliphatic carbocycles. The van der Waals surface area contributed by atoms with Crippen LogP contribution in [-0.2, 0) is 19.6 Å². The largest absolute Gasteiger partial charge is 0.463 e. The molecule has 2 aromatic carbocycles. The first-order chi connectivity index (χ1) is 17.6. The third-order valence-electron chi connectivity index (χ3n) is 5.95. The lowest BCUT2D eigenvalue weighted by molar-refractivity contribution is 0.286. The second kappa shape index (κ2) is 10.6. The minimum atomic E-state index is -0.315. The van der Waals surface area contributed by atoms with Crippen LogP contribution in [0.3, 0.4) is 0 Å². The van der Waals surface area contributed by atoms with Crippen LogP contribution in [0, 0.1) is 0 Å². The third-order valence-corrected chi connectivity index (χ3v) is 5.95. The quantitative estimate of drug-likeness (QED) is 0.241. The van der Waals surface area contributed by atoms with Crippen LogP contribution in [0.15, 0.2) is 53.3 Å². The molecule has 3 heterocycles. The fraction of sp³-hybridized carbons (Fsp3) is 0.320. The van der Waals surface area contributed by atoms with E-state index in [4.69, 9.17) is 10.5 Å². The Hall–Kier alpha value is -4.25. The summed E-state index contributed by atoms with van der Waals surface area (Å²) in [6.07, 6.45) is 1.87. The van der Waals surface area contributed by atoms with Crippen LogP contribution >= 0.6 is 0 Å². The van der Waals surface area contributed by atoms with Gasteiger partial charge in [-0.05, 0) is 29.7 Å². The van der Waals surface area contributed by atoms with E-state index >= 15 is 0 Å². The van der Waals surface area contributed by atoms with Gasteiger partial charge in [0.25, 0.3) is 0 Å². The van der Waals surface area contributed by atoms with E-state index in [0.29, 0.717) is 30.9 Å². The van der Waals surface area contributed by atoms with Gasteiger partial charge in [-0.25, -0.2) is 9.48 Å². The molecule has 0 amide bonds. The second-order valence-electron chi connectivity index (χ2n) is 8.61. The molecule has 5 aromatic rings. The van der Waals surface area contributed by atoms with Gasteiger partial charge in [-0.2, -0.15) is 9.97 Å². The number of hydrogen-bond acceptors (Lipinski definition) is 8. The molecule has 0 spiro atoms. The SMILES string of the molecule is CCCCOc1nc(N)c2[nH]c(=O)n(Cc3ccc4c(c3)nnn4CCNCc3ccccc3)c2n1. The maximum Gasteiger partial charge on any atom is 0.328 e. The number of aromatic nitrogens is 7. The fourth-order valence-corrected chi connectivity index (χ4v) is 4.03. The number of nitrogen functional groups attached to an aromatic ring is 1. The van der Waals surface area contributed by atoms with Gasteiger partial charge >= 0.3 is 11.7 Å². The molecular formula is C25H29N9O2. The summed E-state index contributed by atoms with van der Waals surface area (Å²) in [5.41, 5.74) is 10.4. The maximum atomic E-state index is 12.7. The van der Waals surface area contributed by atoms with Crippen molar-refractivity contribution in [1.82, 2.24) is 39.8 Å². The molecule has 11 nitrogen and oxygen atoms in total. The fourth-order valence-electron chi connectivity index (χ4n) is 4.03. The van der Waals surface area contributed by atoms with E-state index in [2.05, 4.69) is 49.6 Å². The molecule has 0 fully saturated rings. The van der Waals surface area contributed by atoms with Gasteiger partial charge in [0.2, 0.25) is 0 Å². The zero-order valence-electron chi connectivity index (χ0n) is 20.1. The lowest BCUT2D eigenvalue weighted by Crippen LogP contribution is -2.20. The summed E-state index contributed by atoms with van der Waals surface area (Å²) in [6.45, 7) is 5.13. The normalized spacial score (nSPS) is 11.5. The van der Waals surface area contributed by atoms with E-state index in [1.807, 2.05) is 41.1 Å². The summed E-state index contributed by atoms with van der Waals surface area (Å²) in [5, 5.41) is 12.1. The van der Waals surface area contributed by atoms with E-state index < -0.39 is 0 Å². The predicted molar refractivity (Wildman–Crippen MR) is 138 cm³/mol. The highest BCUT2D eigenvalue weighted by atomic mass is 16.5. The highest BCUT2D eigenvalue weighted by Gasteiger charge is 2.15. The molecule has 0 atom stereocenters. The molecule has 0 aliphatic heterocycles. The number of hydrogen-bond donors (Lipinski definition) is 3. The van der Waals surface area contributed by atoms with E-state index in [1.165, 1.54) is 10.1 Å². The number of H-pyrrole nitrogens is 1. The van der Waals surface area contributed by atoms with Crippen LogP contribution in [-0.4, -0.2) is 47.7 Å². The average Bonchev–Trinajstić information content (AvgIpc) is 3.43. The number of benzene rings is 2. The van der Waals surface area contributed by atoms with Gasteiger partial charge in [-0.3, -0.25) is 4.57 Å². The van der Waals surface area contributed by atoms with Crippen molar-refractivity contribution in [2.75, 3.05) is 18.9 Å². The van der Waals surface area contributed by atoms with Gasteiger partial charge in [0, 0.05) is 13.1 Å². The molecule has 11 heteroatoms. The zero-order chi connectivity index (χ0) is 24.9. The Morgan fingerprint density at radius 2 is 1.97 bits per heavy atom. The van der Waals surface area contributed by atoms with Crippen LogP contribution in [0.25, 0.3) is 22.2 Å². The number of nitrogens with zero attached hydrogens (tertiary/aromatic N) is 6. The number of nitrogens with one attached hydrogen (secondary N) is 2. The summed E-state index contributed by atoms with van der Waals surface area (Å²) < 4.78 is 9.02. The number of ether oxygens (including phenoxy) is 1. The molecule has 0 aliphatic rings. The summed E-state index contributed by atoms with van der Waals surface area (Å²) in [5.74, 6) is 0.182. The van der Waals surface area contributed by atoms with Crippen molar-refractivity contribution < 1.29 is 4.74 Å². The number of unbranched alkanes of at least 4 members (excludes halogenated alkanes) is 1. The van der Waals surface area contributed by atoms with Crippen LogP contribution in [0.5, 0.6) is 6.01 Å². The Balaban J connectivity index is 1.30. The Morgan fingerprint density at radius 3 is 2.81 bits per heavy atom. The monoisotopic (exact) mass is 487 g/mol. The van der Waals surface area contributed by atoms with Crippen LogP contribution < -0.4 is 21.5 Å². The first-order valence-electron chi connectivity index (χ1n) is 12.1. The lowest BCUT2D eigenvalue weighted by Gasteiger charge is -2.07. The topological polar surface area (TPSA) is 142 Å². The van der Waals surface area contributed by atoms with E-state index in [0.717, 1.165) is 42.5 Å². The van der Waals surface area contributed by atoms with E-state index in [1.54, 1.807) is 0 Å². The van der Waals surface area contributed by atoms with Gasteiger partial charge in [-0.15, -0.1) is 5.10 Å².